The number of nitrogens with one attached hydrogen (secondary N) is 1. The lowest BCUT2D eigenvalue weighted by atomic mass is 10.0. The number of carbonyl (C=O) groups is 2. The van der Waals surface area contributed by atoms with Crippen LogP contribution in [0.1, 0.15) is 30.4 Å². The third-order valence-electron chi connectivity index (χ3n) is 4.78. The van der Waals surface area contributed by atoms with Crippen molar-refractivity contribution in [3.05, 3.63) is 53.6 Å². The van der Waals surface area contributed by atoms with E-state index in [1.807, 2.05) is 25.2 Å². The van der Waals surface area contributed by atoms with Gasteiger partial charge in [-0.05, 0) is 60.6 Å². The van der Waals surface area contributed by atoms with Gasteiger partial charge in [-0.15, -0.1) is 11.8 Å². The van der Waals surface area contributed by atoms with E-state index in [0.717, 1.165) is 29.0 Å². The minimum Gasteiger partial charge on any atom is -0.494 e. The highest BCUT2D eigenvalue weighted by molar-refractivity contribution is 7.98. The fourth-order valence-corrected chi connectivity index (χ4v) is 3.56. The summed E-state index contributed by atoms with van der Waals surface area (Å²) < 4.78 is 5.79. The first-order valence-corrected chi connectivity index (χ1v) is 10.7. The highest BCUT2D eigenvalue weighted by Crippen LogP contribution is 2.26. The van der Waals surface area contributed by atoms with Gasteiger partial charge in [-0.3, -0.25) is 9.59 Å². The van der Waals surface area contributed by atoms with Gasteiger partial charge < -0.3 is 15.0 Å². The molecule has 5 nitrogen and oxygen atoms in total. The second-order valence-electron chi connectivity index (χ2n) is 6.92. The van der Waals surface area contributed by atoms with Crippen LogP contribution in [0.2, 0.25) is 0 Å². The van der Waals surface area contributed by atoms with Crippen LogP contribution in [0.15, 0.2) is 47.4 Å². The SMILES string of the molecule is CSc1ccc(CN(C)C(=O)CCCOc2ccc3c(c2)CCC(=O)N3)cc1. The average Bonchev–Trinajstić information content (AvgIpc) is 2.71. The molecule has 0 saturated carbocycles. The van der Waals surface area contributed by atoms with Crippen molar-refractivity contribution in [3.8, 4) is 5.75 Å². The van der Waals surface area contributed by atoms with Crippen molar-refractivity contribution in [2.24, 2.45) is 0 Å². The van der Waals surface area contributed by atoms with Crippen LogP contribution >= 0.6 is 11.8 Å². The summed E-state index contributed by atoms with van der Waals surface area (Å²) in [5.41, 5.74) is 3.09. The molecule has 1 N–H and O–H groups in total. The fourth-order valence-electron chi connectivity index (χ4n) is 3.15. The summed E-state index contributed by atoms with van der Waals surface area (Å²) in [4.78, 5) is 26.7. The van der Waals surface area contributed by atoms with Crippen LogP contribution in [-0.2, 0) is 22.6 Å². The van der Waals surface area contributed by atoms with Crippen LogP contribution in [0, 0.1) is 0 Å². The predicted octanol–water partition coefficient (Wildman–Crippen LogP) is 4.11. The fraction of sp³-hybridized carbons (Fsp3) is 0.364. The number of fused-ring (bicyclic) bond motifs is 1. The van der Waals surface area contributed by atoms with Gasteiger partial charge >= 0.3 is 0 Å². The number of ether oxygens (including phenoxy) is 1. The number of aryl methyl sites for hydroxylation is 1. The molecule has 0 radical (unpaired) electrons. The Morgan fingerprint density at radius 1 is 1.18 bits per heavy atom. The Bertz CT molecular complexity index is 836. The Labute approximate surface area is 170 Å². The Balaban J connectivity index is 1.40. The first-order chi connectivity index (χ1) is 13.5. The van der Waals surface area contributed by atoms with Crippen molar-refractivity contribution < 1.29 is 14.3 Å². The first kappa shape index (κ1) is 20.3. The van der Waals surface area contributed by atoms with Crippen LogP contribution in [0.4, 0.5) is 5.69 Å². The van der Waals surface area contributed by atoms with E-state index in [2.05, 4.69) is 35.8 Å². The lowest BCUT2D eigenvalue weighted by Gasteiger charge is -2.18. The number of benzene rings is 2. The predicted molar refractivity (Wildman–Crippen MR) is 113 cm³/mol. The van der Waals surface area contributed by atoms with Crippen molar-refractivity contribution in [1.82, 2.24) is 4.90 Å². The van der Waals surface area contributed by atoms with E-state index >= 15 is 0 Å². The number of anilines is 1. The van der Waals surface area contributed by atoms with Crippen LogP contribution < -0.4 is 10.1 Å². The molecule has 0 saturated heterocycles. The second-order valence-corrected chi connectivity index (χ2v) is 7.80. The van der Waals surface area contributed by atoms with Gasteiger partial charge in [0.2, 0.25) is 11.8 Å². The van der Waals surface area contributed by atoms with E-state index in [4.69, 9.17) is 4.74 Å². The van der Waals surface area contributed by atoms with Crippen molar-refractivity contribution >= 4 is 29.3 Å². The molecule has 2 aromatic rings. The Morgan fingerprint density at radius 3 is 2.71 bits per heavy atom. The number of carbonyl (C=O) groups excluding carboxylic acids is 2. The highest BCUT2D eigenvalue weighted by Gasteiger charge is 2.15. The molecule has 0 aliphatic carbocycles. The van der Waals surface area contributed by atoms with Crippen molar-refractivity contribution in [1.29, 1.82) is 0 Å². The standard InChI is InChI=1S/C22H26N2O3S/c1-24(15-16-5-9-19(28-2)10-6-16)22(26)4-3-13-27-18-8-11-20-17(14-18)7-12-21(25)23-20/h5-6,8-11,14H,3-4,7,12-13,15H2,1-2H3,(H,23,25). The number of rotatable bonds is 8. The lowest BCUT2D eigenvalue weighted by Crippen LogP contribution is -2.26. The Kier molecular flexibility index (Phi) is 6.98. The van der Waals surface area contributed by atoms with Crippen molar-refractivity contribution in [3.63, 3.8) is 0 Å². The molecule has 0 unspecified atom stereocenters. The van der Waals surface area contributed by atoms with Crippen molar-refractivity contribution in [2.75, 3.05) is 25.2 Å². The molecular weight excluding hydrogens is 372 g/mol. The normalized spacial score (nSPS) is 12.9. The van der Waals surface area contributed by atoms with Crippen molar-refractivity contribution in [2.45, 2.75) is 37.1 Å². The number of hydrogen-bond donors (Lipinski definition) is 1. The van der Waals surface area contributed by atoms with E-state index in [9.17, 15) is 9.59 Å². The van der Waals surface area contributed by atoms with Gasteiger partial charge in [0.1, 0.15) is 5.75 Å². The Morgan fingerprint density at radius 2 is 1.96 bits per heavy atom. The summed E-state index contributed by atoms with van der Waals surface area (Å²) in [6.07, 6.45) is 4.42. The summed E-state index contributed by atoms with van der Waals surface area (Å²) in [5.74, 6) is 0.958. The largest absolute Gasteiger partial charge is 0.494 e. The lowest BCUT2D eigenvalue weighted by molar-refractivity contribution is -0.130. The number of nitrogens with zero attached hydrogens (tertiary/aromatic N) is 1. The van der Waals surface area contributed by atoms with E-state index < -0.39 is 0 Å². The molecule has 0 fully saturated rings. The number of amides is 2. The summed E-state index contributed by atoms with van der Waals surface area (Å²) in [7, 11) is 1.84. The smallest absolute Gasteiger partial charge is 0.224 e. The van der Waals surface area contributed by atoms with E-state index in [1.54, 1.807) is 16.7 Å². The van der Waals surface area contributed by atoms with Gasteiger partial charge in [0.15, 0.2) is 0 Å². The van der Waals surface area contributed by atoms with Crippen LogP contribution in [-0.4, -0.2) is 36.6 Å². The maximum atomic E-state index is 12.3. The zero-order valence-corrected chi connectivity index (χ0v) is 17.2. The van der Waals surface area contributed by atoms with Crippen LogP contribution in [0.25, 0.3) is 0 Å². The van der Waals surface area contributed by atoms with E-state index in [-0.39, 0.29) is 11.8 Å². The molecule has 0 bridgehead atoms. The van der Waals surface area contributed by atoms with Crippen LogP contribution in [0.5, 0.6) is 5.75 Å². The summed E-state index contributed by atoms with van der Waals surface area (Å²) in [5, 5.41) is 2.86. The summed E-state index contributed by atoms with van der Waals surface area (Å²) in [6.45, 7) is 1.11. The minimum atomic E-state index is 0.0593. The number of hydrogen-bond acceptors (Lipinski definition) is 4. The molecule has 1 aliphatic rings. The molecule has 0 aromatic heterocycles. The molecule has 148 valence electrons. The van der Waals surface area contributed by atoms with Gasteiger partial charge in [-0.25, -0.2) is 0 Å². The molecule has 1 heterocycles. The second kappa shape index (κ2) is 9.64. The van der Waals surface area contributed by atoms with Gasteiger partial charge in [0.25, 0.3) is 0 Å². The zero-order valence-electron chi connectivity index (χ0n) is 16.4. The molecule has 0 atom stereocenters. The summed E-state index contributed by atoms with van der Waals surface area (Å²) in [6, 6.07) is 14.0. The first-order valence-electron chi connectivity index (χ1n) is 9.47. The maximum absolute atomic E-state index is 12.3. The third-order valence-corrected chi connectivity index (χ3v) is 5.52. The number of thioether (sulfide) groups is 1. The molecule has 6 heteroatoms. The van der Waals surface area contributed by atoms with Gasteiger partial charge in [0, 0.05) is 37.0 Å². The highest BCUT2D eigenvalue weighted by atomic mass is 32.2. The maximum Gasteiger partial charge on any atom is 0.224 e. The molecule has 0 spiro atoms. The van der Waals surface area contributed by atoms with Gasteiger partial charge in [-0.2, -0.15) is 0 Å². The average molecular weight is 399 g/mol. The van der Waals surface area contributed by atoms with E-state index in [0.29, 0.717) is 32.4 Å². The summed E-state index contributed by atoms with van der Waals surface area (Å²) >= 11 is 1.71. The Hall–Kier alpha value is -2.47. The molecular formula is C22H26N2O3S. The molecule has 2 aromatic carbocycles. The van der Waals surface area contributed by atoms with Crippen LogP contribution in [0.3, 0.4) is 0 Å². The molecule has 2 amide bonds. The quantitative estimate of drug-likeness (QED) is 0.537. The minimum absolute atomic E-state index is 0.0593. The van der Waals surface area contributed by atoms with Gasteiger partial charge in [0.05, 0.1) is 6.61 Å². The zero-order chi connectivity index (χ0) is 19.9. The third kappa shape index (κ3) is 5.52. The van der Waals surface area contributed by atoms with Gasteiger partial charge in [-0.1, -0.05) is 12.1 Å². The molecule has 28 heavy (non-hydrogen) atoms. The topological polar surface area (TPSA) is 58.6 Å². The monoisotopic (exact) mass is 398 g/mol. The molecule has 1 aliphatic heterocycles. The molecule has 3 rings (SSSR count). The van der Waals surface area contributed by atoms with E-state index in [1.165, 1.54) is 4.90 Å².